The molecule has 0 bridgehead atoms. The molecule has 4 rings (SSSR count). The Bertz CT molecular complexity index is 890. The van der Waals surface area contributed by atoms with Crippen molar-refractivity contribution in [2.75, 3.05) is 0 Å². The average Bonchev–Trinajstić information content (AvgIpc) is 3.01. The van der Waals surface area contributed by atoms with Crippen LogP contribution in [0, 0.1) is 34.5 Å². The molecule has 0 aromatic heterocycles. The normalized spacial score (nSPS) is 47.1. The molecule has 200 valence electrons. The highest BCUT2D eigenvalue weighted by Gasteiger charge is 2.69. The Balaban J connectivity index is 1.67. The smallest absolute Gasteiger partial charge is 0.159 e. The number of fused-ring (bicyclic) bond motifs is 5. The molecule has 0 aromatic carbocycles. The van der Waals surface area contributed by atoms with Crippen LogP contribution in [-0.4, -0.2) is 71.5 Å². The maximum Gasteiger partial charge on any atom is 0.159 e. The summed E-state index contributed by atoms with van der Waals surface area (Å²) < 4.78 is 0. The van der Waals surface area contributed by atoms with Crippen LogP contribution in [0.15, 0.2) is 11.6 Å². The van der Waals surface area contributed by atoms with Crippen molar-refractivity contribution in [3.8, 4) is 0 Å². The first-order chi connectivity index (χ1) is 15.9. The molecule has 4 aliphatic carbocycles. The number of hydrogen-bond acceptors (Lipinski definition) is 7. The lowest BCUT2D eigenvalue weighted by atomic mass is 9.45. The Labute approximate surface area is 209 Å². The van der Waals surface area contributed by atoms with E-state index in [9.17, 15) is 35.4 Å². The van der Waals surface area contributed by atoms with Crippen molar-refractivity contribution >= 4 is 5.78 Å². The Kier molecular flexibility index (Phi) is 6.48. The van der Waals surface area contributed by atoms with Crippen LogP contribution in [0.4, 0.5) is 0 Å². The number of allylic oxidation sites excluding steroid dienone is 1. The van der Waals surface area contributed by atoms with Crippen molar-refractivity contribution in [1.82, 2.24) is 0 Å². The van der Waals surface area contributed by atoms with E-state index >= 15 is 0 Å². The Hall–Kier alpha value is -0.830. The van der Waals surface area contributed by atoms with E-state index in [1.807, 2.05) is 20.8 Å². The number of rotatable bonds is 5. The van der Waals surface area contributed by atoms with Crippen LogP contribution >= 0.6 is 0 Å². The predicted molar refractivity (Wildman–Crippen MR) is 131 cm³/mol. The van der Waals surface area contributed by atoms with Gasteiger partial charge in [-0.3, -0.25) is 4.79 Å². The zero-order chi connectivity index (χ0) is 26.4. The van der Waals surface area contributed by atoms with Crippen LogP contribution in [-0.2, 0) is 4.79 Å². The van der Waals surface area contributed by atoms with Gasteiger partial charge in [0.1, 0.15) is 0 Å². The van der Waals surface area contributed by atoms with Crippen molar-refractivity contribution < 1.29 is 35.4 Å². The van der Waals surface area contributed by atoms with Crippen LogP contribution in [0.5, 0.6) is 0 Å². The Morgan fingerprint density at radius 1 is 1.06 bits per heavy atom. The molecule has 35 heavy (non-hydrogen) atoms. The maximum atomic E-state index is 13.3. The topological polar surface area (TPSA) is 138 Å². The molecule has 3 fully saturated rings. The van der Waals surface area contributed by atoms with E-state index < -0.39 is 51.9 Å². The van der Waals surface area contributed by atoms with Gasteiger partial charge < -0.3 is 30.6 Å². The third kappa shape index (κ3) is 3.88. The Morgan fingerprint density at radius 3 is 2.29 bits per heavy atom. The first kappa shape index (κ1) is 27.2. The molecule has 3 unspecified atom stereocenters. The van der Waals surface area contributed by atoms with Crippen molar-refractivity contribution in [3.05, 3.63) is 11.6 Å². The van der Waals surface area contributed by atoms with Gasteiger partial charge in [-0.05, 0) is 101 Å². The number of ketones is 1. The minimum absolute atomic E-state index is 0.0887. The highest BCUT2D eigenvalue weighted by atomic mass is 16.3. The van der Waals surface area contributed by atoms with Gasteiger partial charge in [0.25, 0.3) is 0 Å². The molecule has 11 atom stereocenters. The number of hydrogen-bond donors (Lipinski definition) is 6. The van der Waals surface area contributed by atoms with Gasteiger partial charge in [-0.25, -0.2) is 0 Å². The molecular weight excluding hydrogens is 448 g/mol. The lowest BCUT2D eigenvalue weighted by Gasteiger charge is -2.60. The second kappa shape index (κ2) is 8.34. The van der Waals surface area contributed by atoms with Gasteiger partial charge in [0.05, 0.1) is 35.1 Å². The first-order valence-electron chi connectivity index (χ1n) is 13.4. The minimum atomic E-state index is -1.48. The molecular formula is C28H46O7. The fourth-order valence-corrected chi connectivity index (χ4v) is 8.40. The monoisotopic (exact) mass is 494 g/mol. The van der Waals surface area contributed by atoms with E-state index in [1.165, 1.54) is 0 Å². The van der Waals surface area contributed by atoms with Gasteiger partial charge in [0.15, 0.2) is 5.78 Å². The number of carbonyl (C=O) groups is 1. The van der Waals surface area contributed by atoms with Crippen LogP contribution < -0.4 is 0 Å². The summed E-state index contributed by atoms with van der Waals surface area (Å²) in [5.74, 6) is -1.21. The maximum absolute atomic E-state index is 13.3. The molecule has 0 radical (unpaired) electrons. The highest BCUT2D eigenvalue weighted by molar-refractivity contribution is 5.95. The standard InChI is InChI=1S/C28H46O7/c1-15(24(2,3)33)11-23(32)27(6,34)22-8-10-28(35)17-12-19(29)18-13-20(30)21(31)14-25(18,4)16(17)7-9-26(22,28)5/h12,15-16,18,20-23,30-35H,7-11,13-14H2,1-6H3/t15-,16?,18?,20-,21+,22+,23-,25-,26-,27?,28-/m1/s1. The summed E-state index contributed by atoms with van der Waals surface area (Å²) in [7, 11) is 0. The van der Waals surface area contributed by atoms with E-state index in [0.717, 1.165) is 0 Å². The molecule has 7 nitrogen and oxygen atoms in total. The summed E-state index contributed by atoms with van der Waals surface area (Å²) in [6.45, 7) is 10.9. The van der Waals surface area contributed by atoms with Crippen molar-refractivity contribution in [1.29, 1.82) is 0 Å². The third-order valence-corrected chi connectivity index (χ3v) is 11.3. The summed E-state index contributed by atoms with van der Waals surface area (Å²) in [5, 5.41) is 66.1. The SMILES string of the molecule is C[C@H](C[C@@H](O)C(C)(O)[C@H]1CC[C@@]2(O)C3=CC(=O)C4C[C@@H](O)[C@@H](O)C[C@]4(C)C3CC[C@]12C)C(C)(C)O. The number of aliphatic hydroxyl groups excluding tert-OH is 3. The first-order valence-corrected chi connectivity index (χ1v) is 13.4. The van der Waals surface area contributed by atoms with Gasteiger partial charge in [0, 0.05) is 11.3 Å². The van der Waals surface area contributed by atoms with Crippen LogP contribution in [0.25, 0.3) is 0 Å². The summed E-state index contributed by atoms with van der Waals surface area (Å²) in [5.41, 5.74) is -4.35. The predicted octanol–water partition coefficient (Wildman–Crippen LogP) is 2.10. The minimum Gasteiger partial charge on any atom is -0.390 e. The van der Waals surface area contributed by atoms with E-state index in [1.54, 1.807) is 26.8 Å². The van der Waals surface area contributed by atoms with Crippen LogP contribution in [0.3, 0.4) is 0 Å². The van der Waals surface area contributed by atoms with E-state index in [-0.39, 0.29) is 36.4 Å². The molecule has 6 N–H and O–H groups in total. The number of aliphatic hydroxyl groups is 6. The van der Waals surface area contributed by atoms with Gasteiger partial charge in [-0.2, -0.15) is 0 Å². The zero-order valence-electron chi connectivity index (χ0n) is 22.2. The second-order valence-electron chi connectivity index (χ2n) is 13.6. The molecule has 0 amide bonds. The van der Waals surface area contributed by atoms with Crippen LogP contribution in [0.2, 0.25) is 0 Å². The Morgan fingerprint density at radius 2 is 1.69 bits per heavy atom. The molecule has 3 saturated carbocycles. The molecule has 0 heterocycles. The van der Waals surface area contributed by atoms with Gasteiger partial charge in [-0.15, -0.1) is 0 Å². The molecule has 0 aromatic rings. The molecule has 0 spiro atoms. The molecule has 0 aliphatic heterocycles. The summed E-state index contributed by atoms with van der Waals surface area (Å²) in [4.78, 5) is 13.3. The summed E-state index contributed by atoms with van der Waals surface area (Å²) in [6.07, 6.45) is 1.71. The van der Waals surface area contributed by atoms with Crippen molar-refractivity contribution in [3.63, 3.8) is 0 Å². The highest BCUT2D eigenvalue weighted by Crippen LogP contribution is 2.68. The number of carbonyl (C=O) groups excluding carboxylic acids is 1. The van der Waals surface area contributed by atoms with E-state index in [0.29, 0.717) is 37.7 Å². The average molecular weight is 495 g/mol. The van der Waals surface area contributed by atoms with Gasteiger partial charge in [0.2, 0.25) is 0 Å². The quantitative estimate of drug-likeness (QED) is 0.344. The van der Waals surface area contributed by atoms with E-state index in [2.05, 4.69) is 0 Å². The van der Waals surface area contributed by atoms with Crippen molar-refractivity contribution in [2.45, 2.75) is 122 Å². The van der Waals surface area contributed by atoms with Gasteiger partial charge >= 0.3 is 0 Å². The molecule has 4 aliphatic rings. The third-order valence-electron chi connectivity index (χ3n) is 11.3. The van der Waals surface area contributed by atoms with E-state index in [4.69, 9.17) is 0 Å². The lowest BCUT2D eigenvalue weighted by Crippen LogP contribution is -2.63. The molecule has 7 heteroatoms. The fourth-order valence-electron chi connectivity index (χ4n) is 8.40. The summed E-state index contributed by atoms with van der Waals surface area (Å²) >= 11 is 0. The molecule has 0 saturated heterocycles. The second-order valence-corrected chi connectivity index (χ2v) is 13.6. The van der Waals surface area contributed by atoms with Gasteiger partial charge in [-0.1, -0.05) is 20.8 Å². The van der Waals surface area contributed by atoms with Crippen LogP contribution in [0.1, 0.15) is 86.5 Å². The zero-order valence-corrected chi connectivity index (χ0v) is 22.2. The largest absolute Gasteiger partial charge is 0.390 e. The van der Waals surface area contributed by atoms with Crippen molar-refractivity contribution in [2.24, 2.45) is 34.5 Å². The lowest BCUT2D eigenvalue weighted by molar-refractivity contribution is -0.179. The fraction of sp³-hybridized carbons (Fsp3) is 0.893. The summed E-state index contributed by atoms with van der Waals surface area (Å²) in [6, 6.07) is 0.